The summed E-state index contributed by atoms with van der Waals surface area (Å²) >= 11 is 1.22. The summed E-state index contributed by atoms with van der Waals surface area (Å²) in [7, 11) is -3.51. The maximum atomic E-state index is 12.6. The summed E-state index contributed by atoms with van der Waals surface area (Å²) in [5.41, 5.74) is 3.20. The maximum Gasteiger partial charge on any atom is 0.250 e. The Bertz CT molecular complexity index is 1100. The first-order valence-corrected chi connectivity index (χ1v) is 10.7. The molecule has 2 aromatic heterocycles. The van der Waals surface area contributed by atoms with Crippen molar-refractivity contribution in [1.82, 2.24) is 9.71 Å². The smallest absolute Gasteiger partial charge is 0.250 e. The Morgan fingerprint density at radius 1 is 0.962 bits per heavy atom. The van der Waals surface area contributed by atoms with Crippen LogP contribution >= 0.6 is 11.3 Å². The number of H-pyrrole nitrogens is 1. The van der Waals surface area contributed by atoms with Crippen LogP contribution in [0, 0.1) is 0 Å². The monoisotopic (exact) mass is 382 g/mol. The van der Waals surface area contributed by atoms with Gasteiger partial charge >= 0.3 is 0 Å². The van der Waals surface area contributed by atoms with Gasteiger partial charge in [-0.3, -0.25) is 0 Å². The van der Waals surface area contributed by atoms with Crippen molar-refractivity contribution in [2.45, 2.75) is 10.1 Å². The first-order chi connectivity index (χ1) is 12.6. The molecule has 0 amide bonds. The third kappa shape index (κ3) is 3.31. The third-order valence-corrected chi connectivity index (χ3v) is 7.26. The zero-order chi connectivity index (χ0) is 18.0. The predicted octanol–water partition coefficient (Wildman–Crippen LogP) is 4.34. The van der Waals surface area contributed by atoms with E-state index in [1.165, 1.54) is 11.3 Å². The number of hydrogen-bond donors (Lipinski definition) is 2. The van der Waals surface area contributed by atoms with Gasteiger partial charge in [0.1, 0.15) is 4.21 Å². The zero-order valence-electron chi connectivity index (χ0n) is 13.9. The number of fused-ring (bicyclic) bond motifs is 1. The van der Waals surface area contributed by atoms with E-state index >= 15 is 0 Å². The van der Waals surface area contributed by atoms with Gasteiger partial charge in [0.05, 0.1) is 0 Å². The molecule has 0 unspecified atom stereocenters. The van der Waals surface area contributed by atoms with Crippen LogP contribution < -0.4 is 4.72 Å². The van der Waals surface area contributed by atoms with Crippen LogP contribution in [0.1, 0.15) is 17.0 Å². The highest BCUT2D eigenvalue weighted by atomic mass is 32.2. The van der Waals surface area contributed by atoms with Gasteiger partial charge in [-0.1, -0.05) is 54.6 Å². The van der Waals surface area contributed by atoms with Gasteiger partial charge in [-0.2, -0.15) is 0 Å². The SMILES string of the molecule is O=S(=O)(NC[C@@H](c1ccccc1)c1c[nH]c2ccccc12)c1cccs1. The van der Waals surface area contributed by atoms with Crippen LogP contribution in [0.25, 0.3) is 10.9 Å². The molecule has 132 valence electrons. The Labute approximate surface area is 156 Å². The van der Waals surface area contributed by atoms with Gasteiger partial charge in [-0.25, -0.2) is 13.1 Å². The van der Waals surface area contributed by atoms with E-state index in [9.17, 15) is 8.42 Å². The number of benzene rings is 2. The van der Waals surface area contributed by atoms with Gasteiger partial charge in [0.2, 0.25) is 10.0 Å². The highest BCUT2D eigenvalue weighted by molar-refractivity contribution is 7.91. The van der Waals surface area contributed by atoms with Gasteiger partial charge in [0.15, 0.2) is 0 Å². The number of aromatic amines is 1. The minimum absolute atomic E-state index is 0.0814. The number of sulfonamides is 1. The third-order valence-electron chi connectivity index (χ3n) is 4.44. The van der Waals surface area contributed by atoms with Crippen LogP contribution in [0.2, 0.25) is 0 Å². The van der Waals surface area contributed by atoms with E-state index in [2.05, 4.69) is 15.8 Å². The molecule has 4 nitrogen and oxygen atoms in total. The summed E-state index contributed by atoms with van der Waals surface area (Å²) in [4.78, 5) is 3.29. The largest absolute Gasteiger partial charge is 0.361 e. The number of nitrogens with one attached hydrogen (secondary N) is 2. The molecule has 2 aromatic carbocycles. The topological polar surface area (TPSA) is 62.0 Å². The molecule has 0 spiro atoms. The second-order valence-corrected chi connectivity index (χ2v) is 8.98. The summed E-state index contributed by atoms with van der Waals surface area (Å²) in [5.74, 6) is -0.0814. The molecule has 0 aliphatic carbocycles. The molecular weight excluding hydrogens is 364 g/mol. The number of para-hydroxylation sites is 1. The van der Waals surface area contributed by atoms with E-state index in [1.54, 1.807) is 17.5 Å². The van der Waals surface area contributed by atoms with E-state index in [1.807, 2.05) is 54.7 Å². The fraction of sp³-hybridized carbons (Fsp3) is 0.100. The molecule has 0 saturated heterocycles. The van der Waals surface area contributed by atoms with Crippen LogP contribution in [0.15, 0.2) is 82.5 Å². The Morgan fingerprint density at radius 3 is 2.50 bits per heavy atom. The quantitative estimate of drug-likeness (QED) is 0.521. The summed E-state index contributed by atoms with van der Waals surface area (Å²) in [5, 5.41) is 2.87. The molecule has 1 atom stereocenters. The number of thiophene rings is 1. The fourth-order valence-corrected chi connectivity index (χ4v) is 5.24. The highest BCUT2D eigenvalue weighted by Gasteiger charge is 2.22. The van der Waals surface area contributed by atoms with Gasteiger partial charge in [0.25, 0.3) is 0 Å². The van der Waals surface area contributed by atoms with E-state index in [4.69, 9.17) is 0 Å². The van der Waals surface area contributed by atoms with Gasteiger partial charge in [-0.15, -0.1) is 11.3 Å². The normalized spacial score (nSPS) is 13.1. The standard InChI is InChI=1S/C20H18N2O2S2/c23-26(24,20-11-6-12-25-20)22-14-17(15-7-2-1-3-8-15)18-13-21-19-10-5-4-9-16(18)19/h1-13,17,21-22H,14H2/t17-/m0/s1. The van der Waals surface area contributed by atoms with Crippen molar-refractivity contribution in [2.24, 2.45) is 0 Å². The van der Waals surface area contributed by atoms with Crippen molar-refractivity contribution in [3.63, 3.8) is 0 Å². The lowest BCUT2D eigenvalue weighted by Gasteiger charge is -2.18. The number of aromatic nitrogens is 1. The zero-order valence-corrected chi connectivity index (χ0v) is 15.6. The maximum absolute atomic E-state index is 12.6. The van der Waals surface area contributed by atoms with Crippen molar-refractivity contribution >= 4 is 32.3 Å². The molecule has 0 saturated carbocycles. The van der Waals surface area contributed by atoms with Crippen molar-refractivity contribution in [3.05, 3.63) is 89.4 Å². The van der Waals surface area contributed by atoms with Crippen LogP contribution in [-0.4, -0.2) is 19.9 Å². The second kappa shape index (κ2) is 7.07. The summed E-state index contributed by atoms with van der Waals surface area (Å²) in [6.07, 6.45) is 1.97. The lowest BCUT2D eigenvalue weighted by atomic mass is 9.91. The van der Waals surface area contributed by atoms with Crippen LogP contribution in [0.3, 0.4) is 0 Å². The molecule has 2 heterocycles. The predicted molar refractivity (Wildman–Crippen MR) is 106 cm³/mol. The molecule has 26 heavy (non-hydrogen) atoms. The fourth-order valence-electron chi connectivity index (χ4n) is 3.16. The van der Waals surface area contributed by atoms with Crippen molar-refractivity contribution in [3.8, 4) is 0 Å². The number of hydrogen-bond acceptors (Lipinski definition) is 3. The minimum Gasteiger partial charge on any atom is -0.361 e. The summed E-state index contributed by atoms with van der Waals surface area (Å²) in [6, 6.07) is 21.4. The van der Waals surface area contributed by atoms with E-state index in [0.717, 1.165) is 22.0 Å². The Morgan fingerprint density at radius 2 is 1.73 bits per heavy atom. The molecule has 0 aliphatic heterocycles. The molecule has 6 heteroatoms. The number of rotatable bonds is 6. The van der Waals surface area contributed by atoms with Crippen LogP contribution in [0.5, 0.6) is 0 Å². The molecule has 4 aromatic rings. The molecule has 4 rings (SSSR count). The van der Waals surface area contributed by atoms with Gasteiger partial charge in [-0.05, 0) is 28.6 Å². The Hall–Kier alpha value is -2.41. The summed E-state index contributed by atoms with van der Waals surface area (Å²) < 4.78 is 28.2. The van der Waals surface area contributed by atoms with E-state index in [0.29, 0.717) is 10.8 Å². The van der Waals surface area contributed by atoms with Crippen molar-refractivity contribution < 1.29 is 8.42 Å². The molecular formula is C20H18N2O2S2. The molecule has 0 aliphatic rings. The van der Waals surface area contributed by atoms with E-state index in [-0.39, 0.29) is 5.92 Å². The Balaban J connectivity index is 1.71. The molecule has 0 bridgehead atoms. The molecule has 2 N–H and O–H groups in total. The summed E-state index contributed by atoms with van der Waals surface area (Å²) in [6.45, 7) is 0.298. The van der Waals surface area contributed by atoms with Crippen molar-refractivity contribution in [2.75, 3.05) is 6.54 Å². The van der Waals surface area contributed by atoms with Crippen LogP contribution in [0.4, 0.5) is 0 Å². The lowest BCUT2D eigenvalue weighted by Crippen LogP contribution is -2.28. The first kappa shape index (κ1) is 17.0. The van der Waals surface area contributed by atoms with Gasteiger partial charge < -0.3 is 4.98 Å². The molecule has 0 radical (unpaired) electrons. The van der Waals surface area contributed by atoms with E-state index < -0.39 is 10.0 Å². The van der Waals surface area contributed by atoms with Gasteiger partial charge in [0, 0.05) is 29.6 Å². The molecule has 0 fully saturated rings. The average Bonchev–Trinajstić information content (AvgIpc) is 3.34. The average molecular weight is 383 g/mol. The first-order valence-electron chi connectivity index (χ1n) is 8.29. The lowest BCUT2D eigenvalue weighted by molar-refractivity contribution is 0.580. The minimum atomic E-state index is -3.51. The Kier molecular flexibility index (Phi) is 4.63. The van der Waals surface area contributed by atoms with Crippen molar-refractivity contribution in [1.29, 1.82) is 0 Å². The van der Waals surface area contributed by atoms with Crippen LogP contribution in [-0.2, 0) is 10.0 Å². The highest BCUT2D eigenvalue weighted by Crippen LogP contribution is 2.31. The second-order valence-electron chi connectivity index (χ2n) is 6.04.